The molecule has 0 radical (unpaired) electrons. The highest BCUT2D eigenvalue weighted by Gasteiger charge is 2.25. The Morgan fingerprint density at radius 3 is 2.56 bits per heavy atom. The first kappa shape index (κ1) is 13.1. The Bertz CT molecular complexity index is 524. The van der Waals surface area contributed by atoms with Gasteiger partial charge in [0.25, 0.3) is 0 Å². The molecule has 0 bridgehead atoms. The molecule has 1 heterocycles. The molecule has 2 atom stereocenters. The molecule has 2 rings (SSSR count). The summed E-state index contributed by atoms with van der Waals surface area (Å²) in [6.45, 7) is 2.13. The van der Waals surface area contributed by atoms with Gasteiger partial charge in [0.05, 0.1) is 0 Å². The lowest BCUT2D eigenvalue weighted by Gasteiger charge is -2.21. The molecule has 4 heteroatoms. The largest absolute Gasteiger partial charge is 0.464 e. The first-order chi connectivity index (χ1) is 8.63. The predicted octanol–water partition coefficient (Wildman–Crippen LogP) is 3.02. The van der Waals surface area contributed by atoms with E-state index in [1.54, 1.807) is 12.1 Å². The standard InChI is InChI=1S/C14H16ClNO2/c1-9-6-7-13(18-9)14(17)11(8-16)10-4-2-3-5-12(10)15/h2-7,11,14,17H,8,16H2,1H3. The Morgan fingerprint density at radius 1 is 1.28 bits per heavy atom. The number of benzene rings is 1. The molecule has 0 spiro atoms. The molecule has 0 aliphatic heterocycles. The molecule has 0 aliphatic rings. The number of aliphatic hydroxyl groups excluding tert-OH is 1. The molecule has 0 saturated heterocycles. The lowest BCUT2D eigenvalue weighted by atomic mass is 9.92. The first-order valence-corrected chi connectivity index (χ1v) is 6.20. The van der Waals surface area contributed by atoms with Crippen molar-refractivity contribution in [3.8, 4) is 0 Å². The van der Waals surface area contributed by atoms with Crippen LogP contribution in [0.2, 0.25) is 5.02 Å². The van der Waals surface area contributed by atoms with Crippen molar-refractivity contribution < 1.29 is 9.52 Å². The summed E-state index contributed by atoms with van der Waals surface area (Å²) in [6.07, 6.45) is -0.788. The lowest BCUT2D eigenvalue weighted by Crippen LogP contribution is -2.20. The van der Waals surface area contributed by atoms with Crippen molar-refractivity contribution in [2.75, 3.05) is 6.54 Å². The van der Waals surface area contributed by atoms with Crippen LogP contribution in [0.25, 0.3) is 0 Å². The summed E-state index contributed by atoms with van der Waals surface area (Å²) in [4.78, 5) is 0. The molecule has 3 nitrogen and oxygen atoms in total. The van der Waals surface area contributed by atoms with E-state index in [1.165, 1.54) is 0 Å². The highest BCUT2D eigenvalue weighted by molar-refractivity contribution is 6.31. The van der Waals surface area contributed by atoms with Crippen LogP contribution in [0.1, 0.15) is 29.1 Å². The zero-order valence-corrected chi connectivity index (χ0v) is 10.9. The minimum absolute atomic E-state index is 0.274. The number of aliphatic hydroxyl groups is 1. The first-order valence-electron chi connectivity index (χ1n) is 5.82. The van der Waals surface area contributed by atoms with Gasteiger partial charge in [-0.1, -0.05) is 29.8 Å². The Balaban J connectivity index is 2.32. The Hall–Kier alpha value is -1.29. The summed E-state index contributed by atoms with van der Waals surface area (Å²) in [5.41, 5.74) is 6.59. The van der Waals surface area contributed by atoms with E-state index in [2.05, 4.69) is 0 Å². The fourth-order valence-electron chi connectivity index (χ4n) is 2.01. The van der Waals surface area contributed by atoms with E-state index in [0.29, 0.717) is 17.3 Å². The predicted molar refractivity (Wildman–Crippen MR) is 71.7 cm³/mol. The van der Waals surface area contributed by atoms with Crippen molar-refractivity contribution in [1.29, 1.82) is 0 Å². The Morgan fingerprint density at radius 2 is 2.00 bits per heavy atom. The summed E-state index contributed by atoms with van der Waals surface area (Å²) in [5.74, 6) is 1.01. The van der Waals surface area contributed by atoms with Gasteiger partial charge < -0.3 is 15.3 Å². The summed E-state index contributed by atoms with van der Waals surface area (Å²) in [5, 5.41) is 10.9. The molecule has 2 unspecified atom stereocenters. The van der Waals surface area contributed by atoms with Crippen LogP contribution in [0.5, 0.6) is 0 Å². The van der Waals surface area contributed by atoms with Crippen molar-refractivity contribution in [2.45, 2.75) is 18.9 Å². The maximum absolute atomic E-state index is 10.3. The van der Waals surface area contributed by atoms with Gasteiger partial charge in [-0.25, -0.2) is 0 Å². The van der Waals surface area contributed by atoms with Crippen LogP contribution in [0.4, 0.5) is 0 Å². The van der Waals surface area contributed by atoms with Crippen molar-refractivity contribution in [3.05, 3.63) is 58.5 Å². The molecule has 1 aromatic carbocycles. The minimum Gasteiger partial charge on any atom is -0.464 e. The van der Waals surface area contributed by atoms with Crippen LogP contribution < -0.4 is 5.73 Å². The normalized spacial score (nSPS) is 14.4. The monoisotopic (exact) mass is 265 g/mol. The molecule has 96 valence electrons. The lowest BCUT2D eigenvalue weighted by molar-refractivity contribution is 0.121. The number of aryl methyl sites for hydroxylation is 1. The van der Waals surface area contributed by atoms with Crippen molar-refractivity contribution in [1.82, 2.24) is 0 Å². The van der Waals surface area contributed by atoms with Crippen LogP contribution >= 0.6 is 11.6 Å². The molecule has 2 aromatic rings. The maximum atomic E-state index is 10.3. The van der Waals surface area contributed by atoms with E-state index in [-0.39, 0.29) is 5.92 Å². The van der Waals surface area contributed by atoms with E-state index in [9.17, 15) is 5.11 Å². The van der Waals surface area contributed by atoms with E-state index < -0.39 is 6.10 Å². The smallest absolute Gasteiger partial charge is 0.133 e. The topological polar surface area (TPSA) is 59.4 Å². The van der Waals surface area contributed by atoms with Gasteiger partial charge in [-0.3, -0.25) is 0 Å². The van der Waals surface area contributed by atoms with Gasteiger partial charge in [0, 0.05) is 17.5 Å². The van der Waals surface area contributed by atoms with Crippen molar-refractivity contribution >= 4 is 11.6 Å². The van der Waals surface area contributed by atoms with Gasteiger partial charge in [-0.05, 0) is 30.7 Å². The summed E-state index contributed by atoms with van der Waals surface area (Å²) < 4.78 is 5.44. The summed E-state index contributed by atoms with van der Waals surface area (Å²) in [6, 6.07) is 11.0. The van der Waals surface area contributed by atoms with Gasteiger partial charge in [-0.2, -0.15) is 0 Å². The molecule has 1 aromatic heterocycles. The average Bonchev–Trinajstić information content (AvgIpc) is 2.79. The molecule has 3 N–H and O–H groups in total. The van der Waals surface area contributed by atoms with E-state index in [1.807, 2.05) is 31.2 Å². The van der Waals surface area contributed by atoms with Crippen LogP contribution in [0, 0.1) is 6.92 Å². The molecule has 0 fully saturated rings. The van der Waals surface area contributed by atoms with E-state index in [4.69, 9.17) is 21.8 Å². The second kappa shape index (κ2) is 5.57. The molecule has 0 aliphatic carbocycles. The molecule has 18 heavy (non-hydrogen) atoms. The molecular weight excluding hydrogens is 250 g/mol. The molecular formula is C14H16ClNO2. The fraction of sp³-hybridized carbons (Fsp3) is 0.286. The second-order valence-electron chi connectivity index (χ2n) is 4.26. The number of hydrogen-bond donors (Lipinski definition) is 2. The minimum atomic E-state index is -0.788. The van der Waals surface area contributed by atoms with Gasteiger partial charge in [0.2, 0.25) is 0 Å². The van der Waals surface area contributed by atoms with E-state index in [0.717, 1.165) is 11.3 Å². The Labute approximate surface area is 111 Å². The summed E-state index contributed by atoms with van der Waals surface area (Å²) >= 11 is 6.14. The third-order valence-corrected chi connectivity index (χ3v) is 3.34. The van der Waals surface area contributed by atoms with Gasteiger partial charge in [0.15, 0.2) is 0 Å². The number of furan rings is 1. The third-order valence-electron chi connectivity index (χ3n) is 2.99. The van der Waals surface area contributed by atoms with Gasteiger partial charge in [0.1, 0.15) is 17.6 Å². The van der Waals surface area contributed by atoms with Crippen molar-refractivity contribution in [3.63, 3.8) is 0 Å². The highest BCUT2D eigenvalue weighted by Crippen LogP contribution is 2.34. The van der Waals surface area contributed by atoms with Gasteiger partial charge >= 0.3 is 0 Å². The second-order valence-corrected chi connectivity index (χ2v) is 4.66. The van der Waals surface area contributed by atoms with Crippen LogP contribution in [0.3, 0.4) is 0 Å². The maximum Gasteiger partial charge on any atom is 0.133 e. The SMILES string of the molecule is Cc1ccc(C(O)C(CN)c2ccccc2Cl)o1. The Kier molecular flexibility index (Phi) is 4.07. The summed E-state index contributed by atoms with van der Waals surface area (Å²) in [7, 11) is 0. The van der Waals surface area contributed by atoms with Crippen LogP contribution in [-0.4, -0.2) is 11.7 Å². The van der Waals surface area contributed by atoms with Gasteiger partial charge in [-0.15, -0.1) is 0 Å². The quantitative estimate of drug-likeness (QED) is 0.893. The molecule has 0 saturated carbocycles. The van der Waals surface area contributed by atoms with E-state index >= 15 is 0 Å². The third kappa shape index (κ3) is 2.58. The average molecular weight is 266 g/mol. The number of halogens is 1. The molecule has 0 amide bonds. The van der Waals surface area contributed by atoms with Crippen LogP contribution in [0.15, 0.2) is 40.8 Å². The highest BCUT2D eigenvalue weighted by atomic mass is 35.5. The fourth-order valence-corrected chi connectivity index (χ4v) is 2.29. The number of nitrogens with two attached hydrogens (primary N) is 1. The van der Waals surface area contributed by atoms with Crippen molar-refractivity contribution in [2.24, 2.45) is 5.73 Å². The van der Waals surface area contributed by atoms with Crippen LogP contribution in [-0.2, 0) is 0 Å². The zero-order valence-electron chi connectivity index (χ0n) is 10.1. The number of rotatable bonds is 4. The number of hydrogen-bond acceptors (Lipinski definition) is 3. The zero-order chi connectivity index (χ0) is 13.1.